The van der Waals surface area contributed by atoms with Gasteiger partial charge in [0.25, 0.3) is 0 Å². The van der Waals surface area contributed by atoms with Crippen LogP contribution in [0.4, 0.5) is 0 Å². The Morgan fingerprint density at radius 3 is 2.23 bits per heavy atom. The number of hydrogen-bond acceptors (Lipinski definition) is 4. The largest absolute Gasteiger partial charge is 0.347 e. The fraction of sp³-hybridized carbons (Fsp3) is 0.857. The molecule has 0 saturated heterocycles. The Kier molecular flexibility index (Phi) is 4.35. The summed E-state index contributed by atoms with van der Waals surface area (Å²) in [5.41, 5.74) is 5.47. The van der Waals surface area contributed by atoms with Gasteiger partial charge in [0.2, 0.25) is 5.91 Å². The van der Waals surface area contributed by atoms with Crippen molar-refractivity contribution in [2.45, 2.75) is 12.5 Å². The first-order chi connectivity index (χ1) is 5.74. The SMILES string of the molecule is CN(C)C(=O)[C@H](N)CCS(C)(=O)=O. The van der Waals surface area contributed by atoms with Gasteiger partial charge in [0, 0.05) is 20.4 Å². The van der Waals surface area contributed by atoms with Crippen molar-refractivity contribution in [3.63, 3.8) is 0 Å². The maximum absolute atomic E-state index is 11.2. The van der Waals surface area contributed by atoms with Crippen LogP contribution in [-0.4, -0.2) is 51.4 Å². The number of sulfone groups is 1. The number of likely N-dealkylation sites (N-methyl/N-ethyl adjacent to an activating group) is 1. The van der Waals surface area contributed by atoms with Gasteiger partial charge in [-0.05, 0) is 6.42 Å². The fourth-order valence-electron chi connectivity index (χ4n) is 0.796. The highest BCUT2D eigenvalue weighted by atomic mass is 32.2. The molecule has 1 atom stereocenters. The summed E-state index contributed by atoms with van der Waals surface area (Å²) in [6, 6.07) is -0.718. The molecule has 0 aliphatic heterocycles. The summed E-state index contributed by atoms with van der Waals surface area (Å²) in [5.74, 6) is -0.294. The summed E-state index contributed by atoms with van der Waals surface area (Å²) in [5, 5.41) is 0. The zero-order chi connectivity index (χ0) is 10.6. The first-order valence-corrected chi connectivity index (χ1v) is 5.94. The van der Waals surface area contributed by atoms with E-state index in [-0.39, 0.29) is 18.1 Å². The molecule has 0 heterocycles. The van der Waals surface area contributed by atoms with Crippen LogP contribution in [0.1, 0.15) is 6.42 Å². The van der Waals surface area contributed by atoms with E-state index in [4.69, 9.17) is 5.73 Å². The third-order valence-corrected chi connectivity index (χ3v) is 2.53. The minimum absolute atomic E-state index is 0.0479. The van der Waals surface area contributed by atoms with E-state index in [0.29, 0.717) is 0 Å². The van der Waals surface area contributed by atoms with Crippen LogP contribution in [0.25, 0.3) is 0 Å². The number of carbonyl (C=O) groups is 1. The lowest BCUT2D eigenvalue weighted by molar-refractivity contribution is -0.130. The number of amides is 1. The third-order valence-electron chi connectivity index (χ3n) is 1.56. The Labute approximate surface area is 78.8 Å². The maximum atomic E-state index is 11.2. The van der Waals surface area contributed by atoms with Crippen LogP contribution >= 0.6 is 0 Å². The van der Waals surface area contributed by atoms with Gasteiger partial charge < -0.3 is 10.6 Å². The number of rotatable bonds is 4. The molecule has 0 rings (SSSR count). The average molecular weight is 208 g/mol. The van der Waals surface area contributed by atoms with E-state index in [2.05, 4.69) is 0 Å². The molecule has 0 fully saturated rings. The van der Waals surface area contributed by atoms with Crippen LogP contribution in [0.2, 0.25) is 0 Å². The number of nitrogens with two attached hydrogens (primary N) is 1. The minimum Gasteiger partial charge on any atom is -0.347 e. The molecule has 0 spiro atoms. The van der Waals surface area contributed by atoms with Crippen LogP contribution in [0.3, 0.4) is 0 Å². The molecule has 0 aliphatic rings. The standard InChI is InChI=1S/C7H16N2O3S/c1-9(2)7(10)6(8)4-5-13(3,11)12/h6H,4-5,8H2,1-3H3/t6-/m1/s1. The van der Waals surface area contributed by atoms with Gasteiger partial charge in [-0.15, -0.1) is 0 Å². The van der Waals surface area contributed by atoms with Crippen LogP contribution < -0.4 is 5.73 Å². The van der Waals surface area contributed by atoms with Crippen molar-refractivity contribution >= 4 is 15.7 Å². The smallest absolute Gasteiger partial charge is 0.238 e. The Morgan fingerprint density at radius 1 is 1.46 bits per heavy atom. The number of hydrogen-bond donors (Lipinski definition) is 1. The molecule has 0 radical (unpaired) electrons. The summed E-state index contributed by atoms with van der Waals surface area (Å²) in [4.78, 5) is 12.5. The van der Waals surface area contributed by atoms with E-state index in [1.54, 1.807) is 14.1 Å². The number of nitrogens with zero attached hydrogens (tertiary/aromatic N) is 1. The van der Waals surface area contributed by atoms with E-state index in [1.165, 1.54) is 4.90 Å². The Morgan fingerprint density at radius 2 is 1.92 bits per heavy atom. The monoisotopic (exact) mass is 208 g/mol. The van der Waals surface area contributed by atoms with Gasteiger partial charge in [-0.25, -0.2) is 8.42 Å². The van der Waals surface area contributed by atoms with E-state index in [0.717, 1.165) is 6.26 Å². The molecular weight excluding hydrogens is 192 g/mol. The first-order valence-electron chi connectivity index (χ1n) is 3.88. The second-order valence-electron chi connectivity index (χ2n) is 3.26. The average Bonchev–Trinajstić information content (AvgIpc) is 1.97. The lowest BCUT2D eigenvalue weighted by Gasteiger charge is -2.15. The highest BCUT2D eigenvalue weighted by Crippen LogP contribution is 1.96. The summed E-state index contributed by atoms with van der Waals surface area (Å²) >= 11 is 0. The van der Waals surface area contributed by atoms with Crippen molar-refractivity contribution in [3.05, 3.63) is 0 Å². The lowest BCUT2D eigenvalue weighted by atomic mass is 10.2. The summed E-state index contributed by atoms with van der Waals surface area (Å²) in [6.07, 6.45) is 1.30. The summed E-state index contributed by atoms with van der Waals surface area (Å²) in [6.45, 7) is 0. The zero-order valence-corrected chi connectivity index (χ0v) is 8.97. The Bertz CT molecular complexity index is 271. The molecule has 0 aromatic carbocycles. The predicted molar refractivity (Wildman–Crippen MR) is 51.0 cm³/mol. The van der Waals surface area contributed by atoms with Crippen molar-refractivity contribution in [3.8, 4) is 0 Å². The predicted octanol–water partition coefficient (Wildman–Crippen LogP) is -1.16. The van der Waals surface area contributed by atoms with Gasteiger partial charge in [-0.2, -0.15) is 0 Å². The molecule has 0 aromatic rings. The van der Waals surface area contributed by atoms with E-state index < -0.39 is 15.9 Å². The molecule has 2 N–H and O–H groups in total. The lowest BCUT2D eigenvalue weighted by Crippen LogP contribution is -2.40. The quantitative estimate of drug-likeness (QED) is 0.631. The fourth-order valence-corrected chi connectivity index (χ4v) is 1.48. The van der Waals surface area contributed by atoms with Gasteiger partial charge in [0.1, 0.15) is 9.84 Å². The van der Waals surface area contributed by atoms with Crippen LogP contribution in [0.5, 0.6) is 0 Å². The van der Waals surface area contributed by atoms with Gasteiger partial charge in [0.15, 0.2) is 0 Å². The summed E-state index contributed by atoms with van der Waals surface area (Å²) < 4.78 is 21.5. The zero-order valence-electron chi connectivity index (χ0n) is 8.15. The molecule has 0 unspecified atom stereocenters. The molecule has 13 heavy (non-hydrogen) atoms. The van der Waals surface area contributed by atoms with Gasteiger partial charge in [-0.1, -0.05) is 0 Å². The third kappa shape index (κ3) is 5.59. The van der Waals surface area contributed by atoms with Gasteiger partial charge >= 0.3 is 0 Å². The van der Waals surface area contributed by atoms with Crippen LogP contribution in [0.15, 0.2) is 0 Å². The summed E-state index contributed by atoms with van der Waals surface area (Å²) in [7, 11) is 0.143. The highest BCUT2D eigenvalue weighted by molar-refractivity contribution is 7.90. The van der Waals surface area contributed by atoms with E-state index in [1.807, 2.05) is 0 Å². The Hall–Kier alpha value is -0.620. The van der Waals surface area contributed by atoms with Gasteiger partial charge in [0.05, 0.1) is 11.8 Å². The van der Waals surface area contributed by atoms with E-state index in [9.17, 15) is 13.2 Å². The molecule has 6 heteroatoms. The Balaban J connectivity index is 4.03. The minimum atomic E-state index is -3.03. The highest BCUT2D eigenvalue weighted by Gasteiger charge is 2.16. The molecule has 0 aliphatic carbocycles. The van der Waals surface area contributed by atoms with Crippen molar-refractivity contribution in [2.75, 3.05) is 26.1 Å². The maximum Gasteiger partial charge on any atom is 0.238 e. The molecule has 0 saturated carbocycles. The van der Waals surface area contributed by atoms with Crippen molar-refractivity contribution in [1.29, 1.82) is 0 Å². The second kappa shape index (κ2) is 4.57. The van der Waals surface area contributed by atoms with Gasteiger partial charge in [-0.3, -0.25) is 4.79 Å². The molecule has 5 nitrogen and oxygen atoms in total. The second-order valence-corrected chi connectivity index (χ2v) is 5.52. The normalized spacial score (nSPS) is 13.8. The molecule has 0 bridgehead atoms. The number of carbonyl (C=O) groups excluding carboxylic acids is 1. The molecule has 78 valence electrons. The van der Waals surface area contributed by atoms with Crippen molar-refractivity contribution < 1.29 is 13.2 Å². The van der Waals surface area contributed by atoms with Crippen LogP contribution in [0, 0.1) is 0 Å². The van der Waals surface area contributed by atoms with Crippen molar-refractivity contribution in [1.82, 2.24) is 4.90 Å². The molecule has 0 aromatic heterocycles. The molecular formula is C7H16N2O3S. The molecule has 1 amide bonds. The topological polar surface area (TPSA) is 80.5 Å². The van der Waals surface area contributed by atoms with Crippen LogP contribution in [-0.2, 0) is 14.6 Å². The first kappa shape index (κ1) is 12.4. The van der Waals surface area contributed by atoms with E-state index >= 15 is 0 Å². The van der Waals surface area contributed by atoms with Crippen molar-refractivity contribution in [2.24, 2.45) is 5.73 Å².